The van der Waals surface area contributed by atoms with E-state index in [9.17, 15) is 19.2 Å². The maximum absolute atomic E-state index is 10.9. The molecule has 0 aliphatic carbocycles. The van der Waals surface area contributed by atoms with Crippen LogP contribution in [0.5, 0.6) is 0 Å². The summed E-state index contributed by atoms with van der Waals surface area (Å²) in [7, 11) is 5.44. The van der Waals surface area contributed by atoms with Gasteiger partial charge in [0.25, 0.3) is 0 Å². The Hall–Kier alpha value is -4.42. The van der Waals surface area contributed by atoms with Crippen LogP contribution in [0, 0.1) is 3.57 Å². The molecule has 0 saturated heterocycles. The highest BCUT2D eigenvalue weighted by Gasteiger charge is 2.03. The van der Waals surface area contributed by atoms with Gasteiger partial charge in [0.05, 0.1) is 48.3 Å². The predicted octanol–water partition coefficient (Wildman–Crippen LogP) is 7.51. The van der Waals surface area contributed by atoms with Crippen LogP contribution in [0.15, 0.2) is 116 Å². The van der Waals surface area contributed by atoms with Crippen LogP contribution in [0.3, 0.4) is 0 Å². The number of aryl methyl sites for hydroxylation is 2. The molecule has 0 aliphatic heterocycles. The molecule has 4 aromatic carbocycles. The average Bonchev–Trinajstić information content (AvgIpc) is 3.27. The van der Waals surface area contributed by atoms with Crippen LogP contribution >= 0.6 is 45.2 Å². The SMILES string of the molecule is C=CC(=O)OC.COC(=O)/C=C/c1cccc(CO)c1.COC(=O)CCc1cccc(CI)c1.COC(=O)CCc1cccc(CO)c1.OCc1cccc(I)c1. The molecule has 0 saturated carbocycles. The van der Waals surface area contributed by atoms with E-state index in [2.05, 4.69) is 82.8 Å². The Morgan fingerprint density at radius 2 is 1.00 bits per heavy atom. The zero-order valence-corrected chi connectivity index (χ0v) is 37.0. The number of methoxy groups -OCH3 is 4. The molecule has 57 heavy (non-hydrogen) atoms. The van der Waals surface area contributed by atoms with Gasteiger partial charge in [0.1, 0.15) is 0 Å². The molecule has 11 nitrogen and oxygen atoms in total. The normalized spacial score (nSPS) is 9.63. The lowest BCUT2D eigenvalue weighted by molar-refractivity contribution is -0.141. The number of hydrogen-bond donors (Lipinski definition) is 3. The Kier molecular flexibility index (Phi) is 31.1. The van der Waals surface area contributed by atoms with Crippen molar-refractivity contribution >= 4 is 75.1 Å². The smallest absolute Gasteiger partial charge is 0.330 e. The van der Waals surface area contributed by atoms with Crippen molar-refractivity contribution in [3.05, 3.63) is 158 Å². The molecule has 0 unspecified atom stereocenters. The summed E-state index contributed by atoms with van der Waals surface area (Å²) in [5.74, 6) is -1.14. The maximum Gasteiger partial charge on any atom is 0.330 e. The molecule has 0 heterocycles. The number of alkyl halides is 1. The van der Waals surface area contributed by atoms with Gasteiger partial charge in [-0.2, -0.15) is 0 Å². The molecule has 13 heteroatoms. The quantitative estimate of drug-likeness (QED) is 0.0399. The second-order valence-corrected chi connectivity index (χ2v) is 13.4. The minimum atomic E-state index is -0.394. The summed E-state index contributed by atoms with van der Waals surface area (Å²) in [5, 5.41) is 26.4. The maximum atomic E-state index is 10.9. The third-order valence-corrected chi connectivity index (χ3v) is 8.75. The van der Waals surface area contributed by atoms with Crippen molar-refractivity contribution in [2.24, 2.45) is 0 Å². The number of benzene rings is 4. The number of carbonyl (C=O) groups excluding carboxylic acids is 4. The standard InChI is InChI=1S/C11H13IO2.C11H14O3.C11H12O3.C7H7IO.C4H6O2/c3*1-14-11(13)6-5-9-3-2-4-10(7-9)8-12;8-7-3-1-2-6(4-7)5-9;1-3-4(5)6-2/h2-4,7H,5-6,8H2,1H3;2-4,7,12H,5-6,8H2,1H3;2-7,12H,8H2,1H3;1-4,9H,5H2;3H,1H2,2H3/b;;6-5+;;. The minimum Gasteiger partial charge on any atom is -0.469 e. The van der Waals surface area contributed by atoms with E-state index in [1.165, 1.54) is 49.2 Å². The van der Waals surface area contributed by atoms with E-state index in [0.717, 1.165) is 44.7 Å². The van der Waals surface area contributed by atoms with E-state index in [1.54, 1.807) is 12.1 Å². The van der Waals surface area contributed by atoms with E-state index >= 15 is 0 Å². The zero-order valence-electron chi connectivity index (χ0n) is 32.7. The van der Waals surface area contributed by atoms with Crippen LogP contribution < -0.4 is 0 Å². The lowest BCUT2D eigenvalue weighted by atomic mass is 10.1. The van der Waals surface area contributed by atoms with Gasteiger partial charge in [-0.25, -0.2) is 9.59 Å². The van der Waals surface area contributed by atoms with Gasteiger partial charge in [-0.15, -0.1) is 0 Å². The van der Waals surface area contributed by atoms with Crippen LogP contribution in [0.1, 0.15) is 51.8 Å². The molecule has 308 valence electrons. The Bertz CT molecular complexity index is 1740. The van der Waals surface area contributed by atoms with Gasteiger partial charge < -0.3 is 34.3 Å². The topological polar surface area (TPSA) is 166 Å². The summed E-state index contributed by atoms with van der Waals surface area (Å²) in [6, 6.07) is 30.9. The second kappa shape index (κ2) is 33.7. The largest absolute Gasteiger partial charge is 0.469 e. The fourth-order valence-corrected chi connectivity index (χ4v) is 5.28. The number of hydrogen-bond acceptors (Lipinski definition) is 11. The van der Waals surface area contributed by atoms with Gasteiger partial charge in [-0.1, -0.05) is 108 Å². The lowest BCUT2D eigenvalue weighted by Gasteiger charge is -2.02. The number of aliphatic hydroxyl groups excluding tert-OH is 3. The molecular weight excluding hydrogens is 958 g/mol. The molecule has 0 aliphatic rings. The molecule has 0 aromatic heterocycles. The fraction of sp³-hybridized carbons (Fsp3) is 0.273. The van der Waals surface area contributed by atoms with Gasteiger partial charge in [-0.05, 0) is 98.7 Å². The van der Waals surface area contributed by atoms with Gasteiger partial charge in [0, 0.05) is 33.0 Å². The molecule has 4 aromatic rings. The van der Waals surface area contributed by atoms with Gasteiger partial charge in [0.2, 0.25) is 0 Å². The van der Waals surface area contributed by atoms with Crippen molar-refractivity contribution in [3.63, 3.8) is 0 Å². The summed E-state index contributed by atoms with van der Waals surface area (Å²) < 4.78 is 19.9. The average molecular weight is 1010 g/mol. The molecule has 0 fully saturated rings. The van der Waals surface area contributed by atoms with E-state index < -0.39 is 5.97 Å². The first-order chi connectivity index (χ1) is 27.4. The van der Waals surface area contributed by atoms with Crippen LogP contribution in [-0.2, 0) is 75.2 Å². The predicted molar refractivity (Wildman–Crippen MR) is 238 cm³/mol. The second-order valence-electron chi connectivity index (χ2n) is 11.4. The molecule has 4 rings (SSSR count). The minimum absolute atomic E-state index is 0.0000950. The van der Waals surface area contributed by atoms with E-state index in [4.69, 9.17) is 15.3 Å². The van der Waals surface area contributed by atoms with Gasteiger partial charge in [0.15, 0.2) is 0 Å². The number of halogens is 2. The third-order valence-electron chi connectivity index (χ3n) is 7.20. The monoisotopic (exact) mass is 1010 g/mol. The number of ether oxygens (including phenoxy) is 4. The first kappa shape index (κ1) is 52.6. The summed E-state index contributed by atoms with van der Waals surface area (Å²) in [6.07, 6.45) is 6.35. The van der Waals surface area contributed by atoms with E-state index in [-0.39, 0.29) is 37.7 Å². The summed E-state index contributed by atoms with van der Waals surface area (Å²) in [5.41, 5.74) is 7.06. The highest BCUT2D eigenvalue weighted by atomic mass is 127. The summed E-state index contributed by atoms with van der Waals surface area (Å²) in [6.45, 7) is 3.33. The molecule has 0 spiro atoms. The van der Waals surface area contributed by atoms with Crippen molar-refractivity contribution in [2.75, 3.05) is 28.4 Å². The Morgan fingerprint density at radius 1 is 0.579 bits per heavy atom. The molecule has 3 N–H and O–H groups in total. The zero-order chi connectivity index (χ0) is 42.8. The van der Waals surface area contributed by atoms with Crippen molar-refractivity contribution in [1.82, 2.24) is 0 Å². The highest BCUT2D eigenvalue weighted by molar-refractivity contribution is 14.1. The number of esters is 4. The van der Waals surface area contributed by atoms with Crippen LogP contribution in [-0.4, -0.2) is 67.6 Å². The lowest BCUT2D eigenvalue weighted by Crippen LogP contribution is -2.02. The van der Waals surface area contributed by atoms with Gasteiger partial charge in [-0.3, -0.25) is 9.59 Å². The Morgan fingerprint density at radius 3 is 1.40 bits per heavy atom. The first-order valence-corrected chi connectivity index (χ1v) is 20.0. The van der Waals surface area contributed by atoms with Gasteiger partial charge >= 0.3 is 23.9 Å². The van der Waals surface area contributed by atoms with Crippen LogP contribution in [0.2, 0.25) is 0 Å². The molecular formula is C44H52I2O11. The summed E-state index contributed by atoms with van der Waals surface area (Å²) in [4.78, 5) is 42.4. The van der Waals surface area contributed by atoms with Crippen LogP contribution in [0.25, 0.3) is 6.08 Å². The summed E-state index contributed by atoms with van der Waals surface area (Å²) >= 11 is 4.55. The fourth-order valence-electron chi connectivity index (χ4n) is 4.19. The number of rotatable bonds is 13. The molecule has 0 amide bonds. The van der Waals surface area contributed by atoms with Crippen molar-refractivity contribution in [2.45, 2.75) is 49.9 Å². The highest BCUT2D eigenvalue weighted by Crippen LogP contribution is 2.12. The molecule has 0 radical (unpaired) electrons. The molecule has 0 atom stereocenters. The van der Waals surface area contributed by atoms with Crippen molar-refractivity contribution in [1.29, 1.82) is 0 Å². The third kappa shape index (κ3) is 27.0. The number of aliphatic hydroxyl groups is 3. The van der Waals surface area contributed by atoms with E-state index in [1.807, 2.05) is 78.9 Å². The van der Waals surface area contributed by atoms with Crippen molar-refractivity contribution in [3.8, 4) is 0 Å². The van der Waals surface area contributed by atoms with Crippen LogP contribution in [0.4, 0.5) is 0 Å². The number of carbonyl (C=O) groups is 4. The van der Waals surface area contributed by atoms with Crippen molar-refractivity contribution < 1.29 is 53.4 Å². The van der Waals surface area contributed by atoms with E-state index in [0.29, 0.717) is 19.3 Å². The first-order valence-electron chi connectivity index (χ1n) is 17.4. The Balaban J connectivity index is 0.000000707. The Labute approximate surface area is 363 Å². The molecule has 0 bridgehead atoms.